The van der Waals surface area contributed by atoms with Crippen LogP contribution in [0.1, 0.15) is 12.8 Å². The van der Waals surface area contributed by atoms with Gasteiger partial charge in [-0.05, 0) is 24.0 Å². The van der Waals surface area contributed by atoms with Crippen LogP contribution in [-0.4, -0.2) is 23.5 Å². The van der Waals surface area contributed by atoms with Crippen molar-refractivity contribution in [3.63, 3.8) is 0 Å². The molecule has 0 fully saturated rings. The van der Waals surface area contributed by atoms with Gasteiger partial charge in [0.15, 0.2) is 0 Å². The highest BCUT2D eigenvalue weighted by molar-refractivity contribution is 5.71. The van der Waals surface area contributed by atoms with Crippen molar-refractivity contribution in [2.24, 2.45) is 0 Å². The predicted molar refractivity (Wildman–Crippen MR) is 69.1 cm³/mol. The SMILES string of the molecule is O=C(O)C1OC=C2C=CCC/C2=C2\C=CC=CC2O1. The second-order valence-electron chi connectivity index (χ2n) is 4.56. The minimum atomic E-state index is -1.28. The number of carboxylic acid groups (broad SMARTS) is 1. The lowest BCUT2D eigenvalue weighted by molar-refractivity contribution is -0.181. The van der Waals surface area contributed by atoms with Crippen LogP contribution in [-0.2, 0) is 14.3 Å². The molecule has 19 heavy (non-hydrogen) atoms. The minimum Gasteiger partial charge on any atom is -0.477 e. The number of rotatable bonds is 1. The maximum absolute atomic E-state index is 11.1. The molecule has 0 aromatic carbocycles. The lowest BCUT2D eigenvalue weighted by atomic mass is 9.87. The van der Waals surface area contributed by atoms with E-state index in [4.69, 9.17) is 14.6 Å². The van der Waals surface area contributed by atoms with Crippen LogP contribution in [0.15, 0.2) is 59.4 Å². The normalized spacial score (nSPS) is 32.5. The van der Waals surface area contributed by atoms with E-state index in [1.165, 1.54) is 6.26 Å². The monoisotopic (exact) mass is 258 g/mol. The maximum Gasteiger partial charge on any atom is 0.373 e. The second kappa shape index (κ2) is 4.90. The summed E-state index contributed by atoms with van der Waals surface area (Å²) in [5, 5.41) is 9.09. The minimum absolute atomic E-state index is 0.365. The average molecular weight is 258 g/mol. The van der Waals surface area contributed by atoms with Crippen molar-refractivity contribution in [2.45, 2.75) is 25.2 Å². The molecule has 0 radical (unpaired) electrons. The number of allylic oxidation sites excluding steroid dienone is 6. The van der Waals surface area contributed by atoms with Gasteiger partial charge in [0.05, 0.1) is 6.26 Å². The summed E-state index contributed by atoms with van der Waals surface area (Å²) in [6.07, 6.45) is 13.4. The Balaban J connectivity index is 2.06. The fourth-order valence-electron chi connectivity index (χ4n) is 2.43. The molecule has 2 unspecified atom stereocenters. The van der Waals surface area contributed by atoms with Crippen molar-refractivity contribution in [3.05, 3.63) is 59.4 Å². The fourth-order valence-corrected chi connectivity index (χ4v) is 2.43. The lowest BCUT2D eigenvalue weighted by Gasteiger charge is -2.28. The zero-order valence-corrected chi connectivity index (χ0v) is 10.3. The van der Waals surface area contributed by atoms with Crippen LogP contribution < -0.4 is 0 Å². The topological polar surface area (TPSA) is 55.8 Å². The predicted octanol–water partition coefficient (Wildman–Crippen LogP) is 2.47. The van der Waals surface area contributed by atoms with Gasteiger partial charge < -0.3 is 14.6 Å². The second-order valence-corrected chi connectivity index (χ2v) is 4.56. The number of fused-ring (bicyclic) bond motifs is 2. The van der Waals surface area contributed by atoms with Gasteiger partial charge in [-0.2, -0.15) is 0 Å². The Bertz CT molecular complexity index is 548. The number of hydrogen-bond acceptors (Lipinski definition) is 3. The molecule has 2 atom stereocenters. The summed E-state index contributed by atoms with van der Waals surface area (Å²) in [4.78, 5) is 11.1. The Labute approximate surface area is 111 Å². The third kappa shape index (κ3) is 2.27. The molecule has 4 heteroatoms. The number of hydrogen-bond donors (Lipinski definition) is 1. The van der Waals surface area contributed by atoms with Gasteiger partial charge in [-0.3, -0.25) is 0 Å². The van der Waals surface area contributed by atoms with Crippen LogP contribution in [0.25, 0.3) is 0 Å². The van der Waals surface area contributed by atoms with E-state index in [9.17, 15) is 4.79 Å². The zero-order chi connectivity index (χ0) is 13.2. The number of carboxylic acids is 1. The molecule has 1 N–H and O–H groups in total. The first-order valence-electron chi connectivity index (χ1n) is 6.24. The molecule has 1 aliphatic heterocycles. The molecule has 0 amide bonds. The summed E-state index contributed by atoms with van der Waals surface area (Å²) < 4.78 is 10.8. The van der Waals surface area contributed by atoms with Crippen molar-refractivity contribution in [3.8, 4) is 0 Å². The van der Waals surface area contributed by atoms with Gasteiger partial charge in [0, 0.05) is 5.57 Å². The van der Waals surface area contributed by atoms with Gasteiger partial charge in [-0.15, -0.1) is 0 Å². The summed E-state index contributed by atoms with van der Waals surface area (Å²) in [6, 6.07) is 0. The Morgan fingerprint density at radius 3 is 3.05 bits per heavy atom. The molecule has 1 heterocycles. The Kier molecular flexibility index (Phi) is 3.09. The van der Waals surface area contributed by atoms with Crippen molar-refractivity contribution >= 4 is 5.97 Å². The highest BCUT2D eigenvalue weighted by atomic mass is 16.7. The van der Waals surface area contributed by atoms with E-state index in [-0.39, 0.29) is 6.10 Å². The van der Waals surface area contributed by atoms with Crippen LogP contribution >= 0.6 is 0 Å². The molecular formula is C15H14O4. The van der Waals surface area contributed by atoms with Crippen LogP contribution in [0.5, 0.6) is 0 Å². The van der Waals surface area contributed by atoms with E-state index < -0.39 is 12.3 Å². The first-order chi connectivity index (χ1) is 9.25. The third-order valence-electron chi connectivity index (χ3n) is 3.33. The maximum atomic E-state index is 11.1. The van der Waals surface area contributed by atoms with E-state index in [0.29, 0.717) is 0 Å². The number of ether oxygens (including phenoxy) is 2. The summed E-state index contributed by atoms with van der Waals surface area (Å²) >= 11 is 0. The van der Waals surface area contributed by atoms with E-state index in [1.807, 2.05) is 30.4 Å². The van der Waals surface area contributed by atoms with Crippen LogP contribution in [0.4, 0.5) is 0 Å². The standard InChI is InChI=1S/C15H14O4/c16-14(17)15-18-9-10-5-1-2-6-11(10)12-7-3-4-8-13(12)19-15/h1,3-5,7-9,13,15H,2,6H2,(H,16,17)/b10-9?,12-11-. The molecule has 4 nitrogen and oxygen atoms in total. The summed E-state index contributed by atoms with van der Waals surface area (Å²) in [7, 11) is 0. The van der Waals surface area contributed by atoms with Crippen LogP contribution in [0.2, 0.25) is 0 Å². The Hall–Kier alpha value is -2.07. The third-order valence-corrected chi connectivity index (χ3v) is 3.33. The van der Waals surface area contributed by atoms with E-state index >= 15 is 0 Å². The molecule has 0 spiro atoms. The highest BCUT2D eigenvalue weighted by Gasteiger charge is 2.29. The van der Waals surface area contributed by atoms with Crippen molar-refractivity contribution in [2.75, 3.05) is 0 Å². The summed E-state index contributed by atoms with van der Waals surface area (Å²) in [5.41, 5.74) is 3.12. The largest absolute Gasteiger partial charge is 0.477 e. The highest BCUT2D eigenvalue weighted by Crippen LogP contribution is 2.33. The molecule has 2 aliphatic carbocycles. The van der Waals surface area contributed by atoms with E-state index in [1.54, 1.807) is 0 Å². The molecule has 0 saturated heterocycles. The molecule has 3 rings (SSSR count). The van der Waals surface area contributed by atoms with Gasteiger partial charge in [0.1, 0.15) is 6.10 Å². The molecule has 0 aromatic rings. The molecule has 0 aromatic heterocycles. The van der Waals surface area contributed by atoms with Gasteiger partial charge in [-0.1, -0.05) is 36.5 Å². The molecule has 0 bridgehead atoms. The molecular weight excluding hydrogens is 244 g/mol. The van der Waals surface area contributed by atoms with Crippen molar-refractivity contribution in [1.82, 2.24) is 0 Å². The van der Waals surface area contributed by atoms with Gasteiger partial charge in [0.2, 0.25) is 0 Å². The smallest absolute Gasteiger partial charge is 0.373 e. The summed E-state index contributed by atoms with van der Waals surface area (Å²) in [6.45, 7) is 0. The first kappa shape index (κ1) is 12.0. The number of aliphatic carboxylic acids is 1. The fraction of sp³-hybridized carbons (Fsp3) is 0.267. The van der Waals surface area contributed by atoms with Gasteiger partial charge in [0.25, 0.3) is 6.29 Å². The van der Waals surface area contributed by atoms with E-state index in [0.717, 1.165) is 29.6 Å². The van der Waals surface area contributed by atoms with Gasteiger partial charge in [-0.25, -0.2) is 4.79 Å². The summed E-state index contributed by atoms with van der Waals surface area (Å²) in [5.74, 6) is -1.12. The van der Waals surface area contributed by atoms with Crippen molar-refractivity contribution in [1.29, 1.82) is 0 Å². The molecule has 98 valence electrons. The van der Waals surface area contributed by atoms with Gasteiger partial charge >= 0.3 is 5.97 Å². The van der Waals surface area contributed by atoms with Crippen LogP contribution in [0.3, 0.4) is 0 Å². The zero-order valence-electron chi connectivity index (χ0n) is 10.3. The number of carbonyl (C=O) groups is 1. The van der Waals surface area contributed by atoms with Crippen molar-refractivity contribution < 1.29 is 19.4 Å². The Morgan fingerprint density at radius 1 is 1.32 bits per heavy atom. The lowest BCUT2D eigenvalue weighted by Crippen LogP contribution is -2.32. The molecule has 0 saturated carbocycles. The Morgan fingerprint density at radius 2 is 2.21 bits per heavy atom. The molecule has 3 aliphatic rings. The van der Waals surface area contributed by atoms with Crippen LogP contribution in [0, 0.1) is 0 Å². The first-order valence-corrected chi connectivity index (χ1v) is 6.24. The average Bonchev–Trinajstić information content (AvgIpc) is 2.41. The van der Waals surface area contributed by atoms with E-state index in [2.05, 4.69) is 6.08 Å². The quantitative estimate of drug-likeness (QED) is 0.785.